The van der Waals surface area contributed by atoms with Crippen molar-refractivity contribution in [3.63, 3.8) is 0 Å². The number of rotatable bonds is 6. The number of fused-ring (bicyclic) bond motifs is 1. The first-order chi connectivity index (χ1) is 12.8. The van der Waals surface area contributed by atoms with Crippen LogP contribution >= 0.6 is 0 Å². The average Bonchev–Trinajstić information content (AvgIpc) is 3.15. The van der Waals surface area contributed by atoms with Crippen LogP contribution in [0.25, 0.3) is 22.2 Å². The molecule has 0 aliphatic heterocycles. The highest BCUT2D eigenvalue weighted by Crippen LogP contribution is 2.25. The fourth-order valence-corrected chi connectivity index (χ4v) is 2.68. The van der Waals surface area contributed by atoms with Crippen molar-refractivity contribution in [1.29, 1.82) is 0 Å². The molecule has 4 aromatic rings. The Labute approximate surface area is 149 Å². The van der Waals surface area contributed by atoms with Gasteiger partial charge in [0.05, 0.1) is 6.54 Å². The zero-order chi connectivity index (χ0) is 17.8. The van der Waals surface area contributed by atoms with Gasteiger partial charge in [-0.05, 0) is 28.8 Å². The molecule has 4 rings (SSSR count). The van der Waals surface area contributed by atoms with E-state index >= 15 is 0 Å². The van der Waals surface area contributed by atoms with Gasteiger partial charge in [0.1, 0.15) is 18.5 Å². The topological polar surface area (TPSA) is 86.0 Å². The van der Waals surface area contributed by atoms with Crippen LogP contribution < -0.4 is 4.74 Å². The molecule has 0 radical (unpaired) electrons. The molecule has 0 aliphatic carbocycles. The van der Waals surface area contributed by atoms with E-state index in [1.807, 2.05) is 54.6 Å². The van der Waals surface area contributed by atoms with E-state index in [1.54, 1.807) is 12.4 Å². The van der Waals surface area contributed by atoms with Crippen LogP contribution in [0.2, 0.25) is 0 Å². The summed E-state index contributed by atoms with van der Waals surface area (Å²) in [7, 11) is 0. The number of tetrazole rings is 1. The lowest BCUT2D eigenvalue weighted by Crippen LogP contribution is -2.25. The van der Waals surface area contributed by atoms with E-state index in [2.05, 4.69) is 20.4 Å². The number of benzene rings is 2. The molecule has 26 heavy (non-hydrogen) atoms. The molecule has 7 nitrogen and oxygen atoms in total. The van der Waals surface area contributed by atoms with Crippen molar-refractivity contribution in [2.75, 3.05) is 6.61 Å². The number of aliphatic hydroxyl groups excluding tert-OH is 1. The molecule has 0 spiro atoms. The third kappa shape index (κ3) is 3.52. The van der Waals surface area contributed by atoms with Gasteiger partial charge in [0.2, 0.25) is 5.82 Å². The molecular weight excluding hydrogens is 330 g/mol. The molecule has 0 aliphatic rings. The van der Waals surface area contributed by atoms with Crippen molar-refractivity contribution in [2.45, 2.75) is 12.6 Å². The molecule has 2 aromatic heterocycles. The highest BCUT2D eigenvalue weighted by Gasteiger charge is 2.12. The molecule has 1 N–H and O–H groups in total. The first kappa shape index (κ1) is 16.2. The predicted octanol–water partition coefficient (Wildman–Crippen LogP) is 2.33. The summed E-state index contributed by atoms with van der Waals surface area (Å²) < 4.78 is 5.80. The van der Waals surface area contributed by atoms with Crippen molar-refractivity contribution < 1.29 is 9.84 Å². The quantitative estimate of drug-likeness (QED) is 0.576. The van der Waals surface area contributed by atoms with E-state index in [4.69, 9.17) is 4.74 Å². The molecule has 7 heteroatoms. The van der Waals surface area contributed by atoms with Gasteiger partial charge >= 0.3 is 0 Å². The first-order valence-electron chi connectivity index (χ1n) is 8.26. The third-order valence-electron chi connectivity index (χ3n) is 3.93. The van der Waals surface area contributed by atoms with Gasteiger partial charge in [0.15, 0.2) is 0 Å². The summed E-state index contributed by atoms with van der Waals surface area (Å²) in [4.78, 5) is 5.39. The van der Waals surface area contributed by atoms with E-state index in [0.29, 0.717) is 5.82 Å². The molecule has 0 bridgehead atoms. The second kappa shape index (κ2) is 7.28. The number of ether oxygens (including phenoxy) is 1. The maximum Gasteiger partial charge on any atom is 0.206 e. The summed E-state index contributed by atoms with van der Waals surface area (Å²) in [6, 6.07) is 17.5. The molecule has 2 aromatic carbocycles. The molecule has 0 saturated carbocycles. The summed E-state index contributed by atoms with van der Waals surface area (Å²) in [5, 5.41) is 24.6. The lowest BCUT2D eigenvalue weighted by molar-refractivity contribution is 0.0857. The van der Waals surface area contributed by atoms with E-state index in [-0.39, 0.29) is 13.2 Å². The number of hydrogen-bond acceptors (Lipinski definition) is 6. The van der Waals surface area contributed by atoms with Gasteiger partial charge in [-0.15, -0.1) is 10.2 Å². The molecule has 130 valence electrons. The second-order valence-electron chi connectivity index (χ2n) is 5.85. The lowest BCUT2D eigenvalue weighted by atomic mass is 10.1. The van der Waals surface area contributed by atoms with Gasteiger partial charge in [-0.1, -0.05) is 36.4 Å². The Morgan fingerprint density at radius 2 is 1.92 bits per heavy atom. The standard InChI is InChI=1S/C19H17N5O2/c25-16(12-24-22-19(21-23-24)15-7-4-10-20-11-15)13-26-18-9-3-6-14-5-1-2-8-17(14)18/h1-11,16,25H,12-13H2/t16-/m0/s1. The van der Waals surface area contributed by atoms with Crippen LogP contribution in [0, 0.1) is 0 Å². The van der Waals surface area contributed by atoms with E-state index in [1.165, 1.54) is 4.80 Å². The van der Waals surface area contributed by atoms with Gasteiger partial charge in [0, 0.05) is 23.3 Å². The van der Waals surface area contributed by atoms with Crippen molar-refractivity contribution >= 4 is 10.8 Å². The minimum absolute atomic E-state index is 0.137. The van der Waals surface area contributed by atoms with Crippen LogP contribution in [0.1, 0.15) is 0 Å². The van der Waals surface area contributed by atoms with Crippen molar-refractivity contribution in [2.24, 2.45) is 0 Å². The monoisotopic (exact) mass is 347 g/mol. The molecule has 0 fully saturated rings. The van der Waals surface area contributed by atoms with Gasteiger partial charge < -0.3 is 9.84 Å². The maximum atomic E-state index is 10.2. The zero-order valence-electron chi connectivity index (χ0n) is 13.9. The normalized spacial score (nSPS) is 12.2. The summed E-state index contributed by atoms with van der Waals surface area (Å²) in [5.74, 6) is 1.21. The van der Waals surface area contributed by atoms with Crippen LogP contribution in [-0.4, -0.2) is 43.0 Å². The molecule has 2 heterocycles. The van der Waals surface area contributed by atoms with Crippen LogP contribution in [0.5, 0.6) is 5.75 Å². The molecule has 0 saturated heterocycles. The largest absolute Gasteiger partial charge is 0.490 e. The highest BCUT2D eigenvalue weighted by molar-refractivity contribution is 5.88. The van der Waals surface area contributed by atoms with Crippen molar-refractivity contribution in [1.82, 2.24) is 25.2 Å². The molecule has 1 atom stereocenters. The number of aliphatic hydroxyl groups is 1. The van der Waals surface area contributed by atoms with Gasteiger partial charge in [0.25, 0.3) is 0 Å². The predicted molar refractivity (Wildman–Crippen MR) is 96.5 cm³/mol. The third-order valence-corrected chi connectivity index (χ3v) is 3.93. The number of nitrogens with zero attached hydrogens (tertiary/aromatic N) is 5. The van der Waals surface area contributed by atoms with Crippen LogP contribution in [0.3, 0.4) is 0 Å². The van der Waals surface area contributed by atoms with Gasteiger partial charge in [-0.25, -0.2) is 0 Å². The zero-order valence-corrected chi connectivity index (χ0v) is 13.9. The van der Waals surface area contributed by atoms with Gasteiger partial charge in [-0.2, -0.15) is 4.80 Å². The Morgan fingerprint density at radius 3 is 2.81 bits per heavy atom. The molecule has 0 unspecified atom stereocenters. The number of aromatic nitrogens is 5. The first-order valence-corrected chi connectivity index (χ1v) is 8.26. The minimum Gasteiger partial charge on any atom is -0.490 e. The summed E-state index contributed by atoms with van der Waals surface area (Å²) >= 11 is 0. The van der Waals surface area contributed by atoms with Gasteiger partial charge in [-0.3, -0.25) is 4.98 Å². The van der Waals surface area contributed by atoms with Crippen LogP contribution in [0.15, 0.2) is 67.0 Å². The van der Waals surface area contributed by atoms with E-state index < -0.39 is 6.10 Å². The van der Waals surface area contributed by atoms with E-state index in [0.717, 1.165) is 22.1 Å². The average molecular weight is 347 g/mol. The van der Waals surface area contributed by atoms with Crippen molar-refractivity contribution in [3.8, 4) is 17.1 Å². The van der Waals surface area contributed by atoms with Crippen LogP contribution in [-0.2, 0) is 6.54 Å². The Balaban J connectivity index is 1.40. The Kier molecular flexibility index (Phi) is 4.53. The molecular formula is C19H17N5O2. The van der Waals surface area contributed by atoms with Crippen LogP contribution in [0.4, 0.5) is 0 Å². The lowest BCUT2D eigenvalue weighted by Gasteiger charge is -2.13. The smallest absolute Gasteiger partial charge is 0.206 e. The molecule has 0 amide bonds. The Hall–Kier alpha value is -3.32. The fraction of sp³-hybridized carbons (Fsp3) is 0.158. The number of hydrogen-bond donors (Lipinski definition) is 1. The minimum atomic E-state index is -0.759. The second-order valence-corrected chi connectivity index (χ2v) is 5.85. The highest BCUT2D eigenvalue weighted by atomic mass is 16.5. The van der Waals surface area contributed by atoms with E-state index in [9.17, 15) is 5.11 Å². The number of pyridine rings is 1. The Morgan fingerprint density at radius 1 is 1.04 bits per heavy atom. The maximum absolute atomic E-state index is 10.2. The van der Waals surface area contributed by atoms with Crippen molar-refractivity contribution in [3.05, 3.63) is 67.0 Å². The summed E-state index contributed by atoms with van der Waals surface area (Å²) in [5.41, 5.74) is 0.778. The summed E-state index contributed by atoms with van der Waals surface area (Å²) in [6.07, 6.45) is 2.59. The summed E-state index contributed by atoms with van der Waals surface area (Å²) in [6.45, 7) is 0.329. The SMILES string of the molecule is O[C@H](COc1cccc2ccccc12)Cn1nnc(-c2cccnc2)n1. The Bertz CT molecular complexity index is 998. The fourth-order valence-electron chi connectivity index (χ4n) is 2.68.